The Hall–Kier alpha value is -1.92. The number of H-pyrrole nitrogens is 1. The van der Waals surface area contributed by atoms with Crippen molar-refractivity contribution in [2.75, 3.05) is 5.32 Å². The monoisotopic (exact) mass is 292 g/mol. The van der Waals surface area contributed by atoms with Crippen LogP contribution in [0.2, 0.25) is 5.15 Å². The summed E-state index contributed by atoms with van der Waals surface area (Å²) in [7, 11) is 0. The molecule has 0 aliphatic heterocycles. The lowest BCUT2D eigenvalue weighted by atomic mass is 10.2. The minimum absolute atomic E-state index is 0.0659. The summed E-state index contributed by atoms with van der Waals surface area (Å²) >= 11 is 7.14. The number of nitrogens with one attached hydrogen (secondary N) is 2. The summed E-state index contributed by atoms with van der Waals surface area (Å²) in [5.41, 5.74) is 0.816. The molecular formula is C12H9ClN4OS. The molecule has 1 aromatic carbocycles. The second-order valence-electron chi connectivity index (χ2n) is 3.91. The molecule has 0 aliphatic carbocycles. The lowest BCUT2D eigenvalue weighted by Crippen LogP contribution is -2.05. The van der Waals surface area contributed by atoms with Crippen LogP contribution in [0.25, 0.3) is 10.8 Å². The molecule has 0 aliphatic rings. The second kappa shape index (κ2) is 4.99. The normalized spacial score (nSPS) is 10.8. The molecule has 3 aromatic rings. The van der Waals surface area contributed by atoms with Gasteiger partial charge in [-0.2, -0.15) is 0 Å². The maximum absolute atomic E-state index is 11.0. The summed E-state index contributed by atoms with van der Waals surface area (Å²) in [5.74, 6) is 0.645. The first kappa shape index (κ1) is 12.1. The Bertz CT molecular complexity index is 782. The highest BCUT2D eigenvalue weighted by Crippen LogP contribution is 2.25. The van der Waals surface area contributed by atoms with E-state index in [0.717, 1.165) is 27.8 Å². The van der Waals surface area contributed by atoms with Crippen LogP contribution in [0.15, 0.2) is 34.4 Å². The molecular weight excluding hydrogens is 284 g/mol. The van der Waals surface area contributed by atoms with Gasteiger partial charge in [0.2, 0.25) is 0 Å². The van der Waals surface area contributed by atoms with Crippen molar-refractivity contribution in [1.29, 1.82) is 0 Å². The van der Waals surface area contributed by atoms with E-state index in [1.807, 2.05) is 24.3 Å². The second-order valence-corrected chi connectivity index (χ2v) is 5.11. The quantitative estimate of drug-likeness (QED) is 0.778. The summed E-state index contributed by atoms with van der Waals surface area (Å²) in [6.45, 7) is 0.485. The van der Waals surface area contributed by atoms with E-state index >= 15 is 0 Å². The minimum atomic E-state index is -0.0659. The van der Waals surface area contributed by atoms with Crippen molar-refractivity contribution in [2.24, 2.45) is 0 Å². The van der Waals surface area contributed by atoms with Crippen LogP contribution in [-0.4, -0.2) is 15.2 Å². The van der Waals surface area contributed by atoms with Crippen molar-refractivity contribution in [3.63, 3.8) is 0 Å². The van der Waals surface area contributed by atoms with Crippen molar-refractivity contribution in [3.05, 3.63) is 50.2 Å². The summed E-state index contributed by atoms with van der Waals surface area (Å²) in [6.07, 6.45) is 0. The summed E-state index contributed by atoms with van der Waals surface area (Å²) in [5, 5.41) is 15.0. The van der Waals surface area contributed by atoms with Crippen LogP contribution in [0.1, 0.15) is 5.69 Å². The Morgan fingerprint density at radius 1 is 1.26 bits per heavy atom. The summed E-state index contributed by atoms with van der Waals surface area (Å²) in [6, 6.07) is 7.63. The first-order valence-corrected chi connectivity index (χ1v) is 6.81. The van der Waals surface area contributed by atoms with Crippen LogP contribution in [-0.2, 0) is 6.54 Å². The molecule has 0 bridgehead atoms. The molecule has 5 nitrogen and oxygen atoms in total. The number of anilines is 1. The highest BCUT2D eigenvalue weighted by molar-refractivity contribution is 7.07. The zero-order valence-corrected chi connectivity index (χ0v) is 11.3. The summed E-state index contributed by atoms with van der Waals surface area (Å²) < 4.78 is 0. The van der Waals surface area contributed by atoms with Crippen LogP contribution >= 0.6 is 22.9 Å². The Balaban J connectivity index is 1.93. The molecule has 0 spiro atoms. The Kier molecular flexibility index (Phi) is 3.18. The van der Waals surface area contributed by atoms with Gasteiger partial charge >= 0.3 is 4.87 Å². The fraction of sp³-hybridized carbons (Fsp3) is 0.0833. The van der Waals surface area contributed by atoms with Gasteiger partial charge in [-0.15, -0.1) is 10.2 Å². The molecule has 0 unspecified atom stereocenters. The van der Waals surface area contributed by atoms with Crippen LogP contribution in [0.5, 0.6) is 0 Å². The fourth-order valence-electron chi connectivity index (χ4n) is 1.78. The van der Waals surface area contributed by atoms with Gasteiger partial charge in [0, 0.05) is 21.8 Å². The molecule has 7 heteroatoms. The maximum atomic E-state index is 11.0. The van der Waals surface area contributed by atoms with Gasteiger partial charge in [-0.25, -0.2) is 0 Å². The molecule has 3 rings (SSSR count). The van der Waals surface area contributed by atoms with E-state index < -0.39 is 0 Å². The number of nitrogens with zero attached hydrogens (tertiary/aromatic N) is 2. The lowest BCUT2D eigenvalue weighted by Gasteiger charge is -2.07. The van der Waals surface area contributed by atoms with Gasteiger partial charge < -0.3 is 10.3 Å². The van der Waals surface area contributed by atoms with E-state index in [9.17, 15) is 4.79 Å². The van der Waals surface area contributed by atoms with E-state index in [-0.39, 0.29) is 4.87 Å². The molecule has 96 valence electrons. The van der Waals surface area contributed by atoms with Gasteiger partial charge in [0.05, 0.1) is 6.54 Å². The number of aromatic amines is 1. The first-order chi connectivity index (χ1) is 9.24. The maximum Gasteiger partial charge on any atom is 0.304 e. The number of benzene rings is 1. The Morgan fingerprint density at radius 2 is 2.05 bits per heavy atom. The number of hydrogen-bond donors (Lipinski definition) is 2. The van der Waals surface area contributed by atoms with Gasteiger partial charge in [-0.05, 0) is 0 Å². The molecule has 0 saturated carbocycles. The van der Waals surface area contributed by atoms with Crippen molar-refractivity contribution >= 4 is 39.5 Å². The molecule has 2 heterocycles. The molecule has 0 saturated heterocycles. The standard InChI is InChI=1S/C12H9ClN4OS/c13-10-8-3-1-2-4-9(8)11(17-16-10)14-5-7-6-19-12(18)15-7/h1-4,6H,5H2,(H,14,17)(H,15,18). The largest absolute Gasteiger partial charge is 0.362 e. The number of aromatic nitrogens is 3. The zero-order chi connectivity index (χ0) is 13.2. The third kappa shape index (κ3) is 2.45. The van der Waals surface area contributed by atoms with Gasteiger partial charge in [0.25, 0.3) is 0 Å². The SMILES string of the molecule is O=c1[nH]c(CNc2nnc(Cl)c3ccccc23)cs1. The number of fused-ring (bicyclic) bond motifs is 1. The van der Waals surface area contributed by atoms with Gasteiger partial charge in [0.15, 0.2) is 11.0 Å². The molecule has 2 N–H and O–H groups in total. The van der Waals surface area contributed by atoms with Gasteiger partial charge in [0.1, 0.15) is 0 Å². The zero-order valence-electron chi connectivity index (χ0n) is 9.68. The number of rotatable bonds is 3. The first-order valence-electron chi connectivity index (χ1n) is 5.55. The molecule has 19 heavy (non-hydrogen) atoms. The smallest absolute Gasteiger partial charge is 0.304 e. The average Bonchev–Trinajstić information content (AvgIpc) is 2.84. The summed E-state index contributed by atoms with van der Waals surface area (Å²) in [4.78, 5) is 13.7. The van der Waals surface area contributed by atoms with E-state index in [4.69, 9.17) is 11.6 Å². The van der Waals surface area contributed by atoms with Gasteiger partial charge in [-0.3, -0.25) is 4.79 Å². The fourth-order valence-corrected chi connectivity index (χ4v) is 2.57. The predicted molar refractivity (Wildman–Crippen MR) is 76.8 cm³/mol. The molecule has 0 fully saturated rings. The molecule has 0 amide bonds. The minimum Gasteiger partial charge on any atom is -0.362 e. The molecule has 0 atom stereocenters. The number of halogens is 1. The van der Waals surface area contributed by atoms with Crippen LogP contribution in [0.4, 0.5) is 5.82 Å². The molecule has 0 radical (unpaired) electrons. The van der Waals surface area contributed by atoms with E-state index in [1.165, 1.54) is 0 Å². The van der Waals surface area contributed by atoms with Crippen molar-refractivity contribution in [2.45, 2.75) is 6.54 Å². The van der Waals surface area contributed by atoms with E-state index in [0.29, 0.717) is 17.5 Å². The van der Waals surface area contributed by atoms with Gasteiger partial charge in [-0.1, -0.05) is 47.2 Å². The van der Waals surface area contributed by atoms with Crippen molar-refractivity contribution < 1.29 is 0 Å². The highest BCUT2D eigenvalue weighted by atomic mass is 35.5. The third-order valence-electron chi connectivity index (χ3n) is 2.66. The van der Waals surface area contributed by atoms with E-state index in [1.54, 1.807) is 5.38 Å². The third-order valence-corrected chi connectivity index (χ3v) is 3.66. The van der Waals surface area contributed by atoms with Crippen molar-refractivity contribution in [1.82, 2.24) is 15.2 Å². The molecule has 2 aromatic heterocycles. The topological polar surface area (TPSA) is 70.7 Å². The van der Waals surface area contributed by atoms with Crippen LogP contribution in [0.3, 0.4) is 0 Å². The number of hydrogen-bond acceptors (Lipinski definition) is 5. The van der Waals surface area contributed by atoms with Crippen LogP contribution in [0, 0.1) is 0 Å². The lowest BCUT2D eigenvalue weighted by molar-refractivity contribution is 0.995. The Labute approximate surface area is 117 Å². The van der Waals surface area contributed by atoms with E-state index in [2.05, 4.69) is 20.5 Å². The van der Waals surface area contributed by atoms with Crippen molar-refractivity contribution in [3.8, 4) is 0 Å². The average molecular weight is 293 g/mol. The number of thiazole rings is 1. The van der Waals surface area contributed by atoms with Crippen LogP contribution < -0.4 is 10.2 Å². The predicted octanol–water partition coefficient (Wildman–Crippen LogP) is 2.65. The highest BCUT2D eigenvalue weighted by Gasteiger charge is 2.07. The Morgan fingerprint density at radius 3 is 2.79 bits per heavy atom.